The summed E-state index contributed by atoms with van der Waals surface area (Å²) in [6.07, 6.45) is 0. The zero-order valence-corrected chi connectivity index (χ0v) is 18.2. The second-order valence-corrected chi connectivity index (χ2v) is 8.36. The van der Waals surface area contributed by atoms with Crippen LogP contribution in [0.1, 0.15) is 25.2 Å². The molecule has 0 fully saturated rings. The third-order valence-electron chi connectivity index (χ3n) is 4.38. The first kappa shape index (κ1) is 21.2. The number of aromatic nitrogens is 3. The maximum Gasteiger partial charge on any atom is 0.237 e. The van der Waals surface area contributed by atoms with Crippen LogP contribution < -0.4 is 10.6 Å². The fourth-order valence-corrected chi connectivity index (χ4v) is 3.75. The van der Waals surface area contributed by atoms with E-state index in [0.717, 1.165) is 34.5 Å². The molecule has 0 spiro atoms. The molecule has 2 aromatic carbocycles. The summed E-state index contributed by atoms with van der Waals surface area (Å²) in [5.74, 6) is 0.751. The van der Waals surface area contributed by atoms with Gasteiger partial charge in [0.1, 0.15) is 0 Å². The van der Waals surface area contributed by atoms with Crippen LogP contribution in [0.5, 0.6) is 0 Å². The first-order valence-corrected chi connectivity index (χ1v) is 10.7. The van der Waals surface area contributed by atoms with Crippen LogP contribution in [0, 0.1) is 6.92 Å². The predicted molar refractivity (Wildman–Crippen MR) is 120 cm³/mol. The second kappa shape index (κ2) is 9.80. The zero-order valence-electron chi connectivity index (χ0n) is 16.6. The van der Waals surface area contributed by atoms with E-state index in [4.69, 9.17) is 11.6 Å². The van der Waals surface area contributed by atoms with Gasteiger partial charge in [-0.2, -0.15) is 0 Å². The molecule has 0 saturated heterocycles. The van der Waals surface area contributed by atoms with Gasteiger partial charge in [0.2, 0.25) is 5.91 Å². The van der Waals surface area contributed by atoms with Crippen LogP contribution in [0.4, 0.5) is 11.4 Å². The summed E-state index contributed by atoms with van der Waals surface area (Å²) in [4.78, 5) is 12.5. The monoisotopic (exact) mass is 429 g/mol. The van der Waals surface area contributed by atoms with Gasteiger partial charge in [-0.15, -0.1) is 10.2 Å². The number of carbonyl (C=O) groups excluding carboxylic acids is 1. The Balaban J connectivity index is 1.61. The Hall–Kier alpha value is -2.51. The molecule has 8 heteroatoms. The van der Waals surface area contributed by atoms with Gasteiger partial charge in [-0.1, -0.05) is 41.1 Å². The number of hydrogen-bond acceptors (Lipinski definition) is 5. The van der Waals surface area contributed by atoms with Crippen molar-refractivity contribution in [2.24, 2.45) is 0 Å². The van der Waals surface area contributed by atoms with Gasteiger partial charge in [0, 0.05) is 22.9 Å². The van der Waals surface area contributed by atoms with E-state index in [1.165, 1.54) is 11.8 Å². The molecule has 1 atom stereocenters. The van der Waals surface area contributed by atoms with E-state index in [2.05, 4.69) is 20.8 Å². The minimum Gasteiger partial charge on any atom is -0.378 e. The van der Waals surface area contributed by atoms with Gasteiger partial charge in [-0.3, -0.25) is 4.79 Å². The molecule has 0 aliphatic rings. The molecule has 3 aromatic rings. The highest BCUT2D eigenvalue weighted by molar-refractivity contribution is 8.00. The third kappa shape index (κ3) is 5.74. The van der Waals surface area contributed by atoms with Gasteiger partial charge < -0.3 is 15.2 Å². The molecule has 3 rings (SSSR count). The van der Waals surface area contributed by atoms with Crippen LogP contribution in [0.15, 0.2) is 53.7 Å². The molecule has 1 aromatic heterocycles. The molecule has 1 unspecified atom stereocenters. The van der Waals surface area contributed by atoms with Crippen molar-refractivity contribution in [3.63, 3.8) is 0 Å². The van der Waals surface area contributed by atoms with Gasteiger partial charge in [0.05, 0.1) is 11.8 Å². The molecule has 0 aliphatic carbocycles. The molecular weight excluding hydrogens is 406 g/mol. The molecule has 29 heavy (non-hydrogen) atoms. The molecule has 2 N–H and O–H groups in total. The van der Waals surface area contributed by atoms with Gasteiger partial charge in [0.15, 0.2) is 11.0 Å². The third-order valence-corrected chi connectivity index (χ3v) is 5.71. The number of anilines is 2. The number of benzene rings is 2. The first-order chi connectivity index (χ1) is 14.0. The van der Waals surface area contributed by atoms with E-state index in [-0.39, 0.29) is 11.2 Å². The number of amides is 1. The lowest BCUT2D eigenvalue weighted by Gasteiger charge is -2.13. The van der Waals surface area contributed by atoms with Crippen molar-refractivity contribution in [1.82, 2.24) is 14.8 Å². The fourth-order valence-electron chi connectivity index (χ4n) is 2.70. The lowest BCUT2D eigenvalue weighted by atomic mass is 10.2. The minimum atomic E-state index is -0.303. The highest BCUT2D eigenvalue weighted by Gasteiger charge is 2.19. The normalized spacial score (nSPS) is 11.9. The van der Waals surface area contributed by atoms with Crippen LogP contribution in [-0.2, 0) is 17.9 Å². The Morgan fingerprint density at radius 3 is 2.41 bits per heavy atom. The summed E-state index contributed by atoms with van der Waals surface area (Å²) >= 11 is 7.32. The number of nitrogens with one attached hydrogen (secondary N) is 2. The van der Waals surface area contributed by atoms with Gasteiger partial charge in [-0.25, -0.2) is 0 Å². The molecule has 6 nitrogen and oxygen atoms in total. The van der Waals surface area contributed by atoms with Crippen molar-refractivity contribution < 1.29 is 4.79 Å². The van der Waals surface area contributed by atoms with Crippen LogP contribution in [0.2, 0.25) is 5.02 Å². The van der Waals surface area contributed by atoms with Crippen molar-refractivity contribution in [2.45, 2.75) is 44.3 Å². The first-order valence-electron chi connectivity index (χ1n) is 9.42. The SMILES string of the molecule is CCn1c(CNc2ccc(Cl)cc2)nnc1SC(C)C(=O)Nc1ccc(C)cc1. The molecule has 0 saturated carbocycles. The minimum absolute atomic E-state index is 0.0645. The van der Waals surface area contributed by atoms with Crippen molar-refractivity contribution in [3.05, 3.63) is 64.9 Å². The predicted octanol–water partition coefficient (Wildman–Crippen LogP) is 4.99. The van der Waals surface area contributed by atoms with Crippen LogP contribution in [0.3, 0.4) is 0 Å². The van der Waals surface area contributed by atoms with Crippen molar-refractivity contribution >= 4 is 40.6 Å². The lowest BCUT2D eigenvalue weighted by molar-refractivity contribution is -0.115. The van der Waals surface area contributed by atoms with Crippen LogP contribution >= 0.6 is 23.4 Å². The number of halogens is 1. The highest BCUT2D eigenvalue weighted by atomic mass is 35.5. The summed E-state index contributed by atoms with van der Waals surface area (Å²) in [6, 6.07) is 15.3. The Kier molecular flexibility index (Phi) is 7.17. The smallest absolute Gasteiger partial charge is 0.237 e. The summed E-state index contributed by atoms with van der Waals surface area (Å²) in [5, 5.41) is 16.0. The topological polar surface area (TPSA) is 71.8 Å². The Morgan fingerprint density at radius 2 is 1.76 bits per heavy atom. The van der Waals surface area contributed by atoms with Crippen molar-refractivity contribution in [3.8, 4) is 0 Å². The maximum absolute atomic E-state index is 12.5. The average Bonchev–Trinajstić information content (AvgIpc) is 3.10. The molecule has 1 heterocycles. The van der Waals surface area contributed by atoms with E-state index in [0.29, 0.717) is 11.6 Å². The number of thioether (sulfide) groups is 1. The molecule has 0 radical (unpaired) electrons. The van der Waals surface area contributed by atoms with E-state index >= 15 is 0 Å². The fraction of sp³-hybridized carbons (Fsp3) is 0.286. The van der Waals surface area contributed by atoms with E-state index in [1.807, 2.05) is 73.9 Å². The Morgan fingerprint density at radius 1 is 1.10 bits per heavy atom. The largest absolute Gasteiger partial charge is 0.378 e. The van der Waals surface area contributed by atoms with Gasteiger partial charge in [0.25, 0.3) is 0 Å². The van der Waals surface area contributed by atoms with E-state index in [1.54, 1.807) is 0 Å². The zero-order chi connectivity index (χ0) is 20.8. The van der Waals surface area contributed by atoms with E-state index < -0.39 is 0 Å². The summed E-state index contributed by atoms with van der Waals surface area (Å²) in [5.41, 5.74) is 2.90. The number of rotatable bonds is 8. The molecule has 0 aliphatic heterocycles. The van der Waals surface area contributed by atoms with Gasteiger partial charge >= 0.3 is 0 Å². The molecule has 1 amide bonds. The molecular formula is C21H24ClN5OS. The van der Waals surface area contributed by atoms with Gasteiger partial charge in [-0.05, 0) is 57.2 Å². The van der Waals surface area contributed by atoms with Crippen molar-refractivity contribution in [1.29, 1.82) is 0 Å². The van der Waals surface area contributed by atoms with Crippen LogP contribution in [-0.4, -0.2) is 25.9 Å². The number of aryl methyl sites for hydroxylation is 1. The van der Waals surface area contributed by atoms with Crippen molar-refractivity contribution in [2.75, 3.05) is 10.6 Å². The maximum atomic E-state index is 12.5. The number of nitrogens with zero attached hydrogens (tertiary/aromatic N) is 3. The number of carbonyl (C=O) groups is 1. The summed E-state index contributed by atoms with van der Waals surface area (Å²) in [6.45, 7) is 7.18. The standard InChI is InChI=1S/C21H24ClN5OS/c1-4-27-19(13-23-17-11-7-16(22)8-12-17)25-26-21(27)29-15(3)20(28)24-18-9-5-14(2)6-10-18/h5-12,15,23H,4,13H2,1-3H3,(H,24,28). The molecule has 0 bridgehead atoms. The number of hydrogen-bond donors (Lipinski definition) is 2. The highest BCUT2D eigenvalue weighted by Crippen LogP contribution is 2.24. The second-order valence-electron chi connectivity index (χ2n) is 6.62. The average molecular weight is 430 g/mol. The summed E-state index contributed by atoms with van der Waals surface area (Å²) in [7, 11) is 0. The molecule has 152 valence electrons. The quantitative estimate of drug-likeness (QED) is 0.493. The van der Waals surface area contributed by atoms with Crippen LogP contribution in [0.25, 0.3) is 0 Å². The summed E-state index contributed by atoms with van der Waals surface area (Å²) < 4.78 is 2.02. The lowest BCUT2D eigenvalue weighted by Crippen LogP contribution is -2.23. The Labute approximate surface area is 180 Å². The Bertz CT molecular complexity index is 956. The van der Waals surface area contributed by atoms with E-state index in [9.17, 15) is 4.79 Å².